The summed E-state index contributed by atoms with van der Waals surface area (Å²) in [5.74, 6) is 1.54. The fourth-order valence-corrected chi connectivity index (χ4v) is 2.81. The van der Waals surface area contributed by atoms with Crippen LogP contribution in [0.3, 0.4) is 0 Å². The summed E-state index contributed by atoms with van der Waals surface area (Å²) in [6.07, 6.45) is 8.65. The number of halogens is 1. The van der Waals surface area contributed by atoms with Gasteiger partial charge in [-0.2, -0.15) is 0 Å². The number of benzene rings is 1. The molecule has 0 spiro atoms. The predicted octanol–water partition coefficient (Wildman–Crippen LogP) is 3.45. The molecule has 0 aromatic heterocycles. The average Bonchev–Trinajstić information content (AvgIpc) is 2.43. The van der Waals surface area contributed by atoms with Crippen LogP contribution < -0.4 is 15.2 Å². The molecule has 2 rings (SSSR count). The van der Waals surface area contributed by atoms with Crippen molar-refractivity contribution in [3.8, 4) is 11.5 Å². The van der Waals surface area contributed by atoms with E-state index in [1.54, 1.807) is 7.11 Å². The first-order valence-corrected chi connectivity index (χ1v) is 7.43. The van der Waals surface area contributed by atoms with Crippen molar-refractivity contribution in [1.29, 1.82) is 0 Å². The maximum absolute atomic E-state index is 6.05. The minimum atomic E-state index is 0.138. The minimum absolute atomic E-state index is 0.138. The summed E-state index contributed by atoms with van der Waals surface area (Å²) in [5, 5.41) is 0. The molecule has 1 aliphatic carbocycles. The van der Waals surface area contributed by atoms with Crippen molar-refractivity contribution in [3.05, 3.63) is 34.3 Å². The van der Waals surface area contributed by atoms with Crippen LogP contribution in [-0.4, -0.2) is 19.8 Å². The Morgan fingerprint density at radius 1 is 1.42 bits per heavy atom. The lowest BCUT2D eigenvalue weighted by molar-refractivity contribution is 0.218. The molecule has 3 nitrogen and oxygen atoms in total. The zero-order valence-corrected chi connectivity index (χ0v) is 12.8. The van der Waals surface area contributed by atoms with E-state index in [-0.39, 0.29) is 6.10 Å². The number of nitrogens with two attached hydrogens (primary N) is 1. The highest BCUT2D eigenvalue weighted by Gasteiger charge is 2.16. The van der Waals surface area contributed by atoms with E-state index in [9.17, 15) is 0 Å². The lowest BCUT2D eigenvalue weighted by atomic mass is 10.1. The molecule has 104 valence electrons. The van der Waals surface area contributed by atoms with Gasteiger partial charge in [-0.15, -0.1) is 0 Å². The van der Waals surface area contributed by atoms with Crippen molar-refractivity contribution in [3.63, 3.8) is 0 Å². The molecule has 2 N–H and O–H groups in total. The first-order valence-electron chi connectivity index (χ1n) is 6.64. The molecular weight excluding hydrogens is 306 g/mol. The number of hydrogen-bond donors (Lipinski definition) is 1. The lowest BCUT2D eigenvalue weighted by Gasteiger charge is -2.21. The molecule has 1 aromatic rings. The highest BCUT2D eigenvalue weighted by Crippen LogP contribution is 2.38. The highest BCUT2D eigenvalue weighted by molar-refractivity contribution is 9.10. The van der Waals surface area contributed by atoms with Crippen LogP contribution in [0.15, 0.2) is 28.8 Å². The molecular formula is C15H20BrNO2. The fraction of sp³-hybridized carbons (Fsp3) is 0.467. The van der Waals surface area contributed by atoms with Crippen molar-refractivity contribution in [2.75, 3.05) is 13.7 Å². The van der Waals surface area contributed by atoms with Gasteiger partial charge in [0.15, 0.2) is 11.5 Å². The molecule has 4 heteroatoms. The number of hydrogen-bond acceptors (Lipinski definition) is 3. The van der Waals surface area contributed by atoms with Gasteiger partial charge in [-0.1, -0.05) is 6.08 Å². The molecule has 0 aliphatic heterocycles. The maximum atomic E-state index is 6.05. The molecule has 0 saturated carbocycles. The van der Waals surface area contributed by atoms with Gasteiger partial charge in [0.05, 0.1) is 11.6 Å². The number of ether oxygens (including phenoxy) is 2. The first kappa shape index (κ1) is 14.4. The summed E-state index contributed by atoms with van der Waals surface area (Å²) in [7, 11) is 1.66. The maximum Gasteiger partial charge on any atom is 0.176 e. The first-order chi connectivity index (χ1) is 9.24. The van der Waals surface area contributed by atoms with Crippen LogP contribution >= 0.6 is 15.9 Å². The largest absolute Gasteiger partial charge is 0.493 e. The predicted molar refractivity (Wildman–Crippen MR) is 80.9 cm³/mol. The van der Waals surface area contributed by atoms with Crippen LogP contribution in [0, 0.1) is 0 Å². The topological polar surface area (TPSA) is 44.5 Å². The number of allylic oxidation sites excluding steroid dienone is 1. The molecule has 0 bridgehead atoms. The third-order valence-corrected chi connectivity index (χ3v) is 3.79. The van der Waals surface area contributed by atoms with E-state index in [0.29, 0.717) is 6.54 Å². The molecule has 0 heterocycles. The van der Waals surface area contributed by atoms with E-state index in [0.717, 1.165) is 40.8 Å². The van der Waals surface area contributed by atoms with E-state index >= 15 is 0 Å². The summed E-state index contributed by atoms with van der Waals surface area (Å²) < 4.78 is 12.4. The van der Waals surface area contributed by atoms with E-state index in [2.05, 4.69) is 34.1 Å². The Balaban J connectivity index is 2.22. The van der Waals surface area contributed by atoms with Crippen LogP contribution in [0.4, 0.5) is 0 Å². The molecule has 19 heavy (non-hydrogen) atoms. The van der Waals surface area contributed by atoms with E-state index in [1.165, 1.54) is 6.42 Å². The SMILES string of the molecule is COc1cc(CCN)cc(Br)c1OC1C=CCCC1. The zero-order valence-electron chi connectivity index (χ0n) is 11.2. The molecule has 1 aromatic carbocycles. The molecule has 0 fully saturated rings. The van der Waals surface area contributed by atoms with Gasteiger partial charge in [-0.25, -0.2) is 0 Å². The normalized spacial score (nSPS) is 18.4. The summed E-state index contributed by atoms with van der Waals surface area (Å²) in [5.41, 5.74) is 6.74. The van der Waals surface area contributed by atoms with E-state index in [4.69, 9.17) is 15.2 Å². The van der Waals surface area contributed by atoms with Crippen molar-refractivity contribution < 1.29 is 9.47 Å². The van der Waals surface area contributed by atoms with Crippen LogP contribution in [0.25, 0.3) is 0 Å². The fourth-order valence-electron chi connectivity index (χ4n) is 2.23. The number of rotatable bonds is 5. The lowest BCUT2D eigenvalue weighted by Crippen LogP contribution is -2.16. The quantitative estimate of drug-likeness (QED) is 0.843. The molecule has 0 radical (unpaired) electrons. The molecule has 0 amide bonds. The molecule has 1 atom stereocenters. The smallest absolute Gasteiger partial charge is 0.176 e. The van der Waals surface area contributed by atoms with Crippen molar-refractivity contribution in [1.82, 2.24) is 0 Å². The van der Waals surface area contributed by atoms with Crippen LogP contribution in [0.5, 0.6) is 11.5 Å². The standard InChI is InChI=1S/C15H20BrNO2/c1-18-14-10-11(7-8-17)9-13(16)15(14)19-12-5-3-2-4-6-12/h3,5,9-10,12H,2,4,6-8,17H2,1H3. The van der Waals surface area contributed by atoms with E-state index < -0.39 is 0 Å². The average molecular weight is 326 g/mol. The van der Waals surface area contributed by atoms with Crippen molar-refractivity contribution in [2.45, 2.75) is 31.8 Å². The Morgan fingerprint density at radius 2 is 2.26 bits per heavy atom. The van der Waals surface area contributed by atoms with Gasteiger partial charge in [0.25, 0.3) is 0 Å². The van der Waals surface area contributed by atoms with Gasteiger partial charge in [0, 0.05) is 0 Å². The van der Waals surface area contributed by atoms with Gasteiger partial charge in [0.2, 0.25) is 0 Å². The zero-order chi connectivity index (χ0) is 13.7. The number of methoxy groups -OCH3 is 1. The van der Waals surface area contributed by atoms with Crippen molar-refractivity contribution >= 4 is 15.9 Å². The van der Waals surface area contributed by atoms with Crippen LogP contribution in [0.1, 0.15) is 24.8 Å². The minimum Gasteiger partial charge on any atom is -0.493 e. The van der Waals surface area contributed by atoms with Gasteiger partial charge in [0.1, 0.15) is 6.10 Å². The van der Waals surface area contributed by atoms with Gasteiger partial charge in [-0.05, 0) is 71.9 Å². The van der Waals surface area contributed by atoms with Gasteiger partial charge < -0.3 is 15.2 Å². The summed E-state index contributed by atoms with van der Waals surface area (Å²) in [6, 6.07) is 4.05. The summed E-state index contributed by atoms with van der Waals surface area (Å²) in [4.78, 5) is 0. The molecule has 0 saturated heterocycles. The summed E-state index contributed by atoms with van der Waals surface area (Å²) >= 11 is 3.57. The Kier molecular flexibility index (Phi) is 5.28. The third-order valence-electron chi connectivity index (χ3n) is 3.20. The Hall–Kier alpha value is -1.00. The second kappa shape index (κ2) is 6.96. The Labute approximate surface area is 122 Å². The van der Waals surface area contributed by atoms with Gasteiger partial charge >= 0.3 is 0 Å². The highest BCUT2D eigenvalue weighted by atomic mass is 79.9. The van der Waals surface area contributed by atoms with Crippen LogP contribution in [0.2, 0.25) is 0 Å². The van der Waals surface area contributed by atoms with Crippen molar-refractivity contribution in [2.24, 2.45) is 5.73 Å². The molecule has 1 aliphatic rings. The summed E-state index contributed by atoms with van der Waals surface area (Å²) in [6.45, 7) is 0.626. The van der Waals surface area contributed by atoms with E-state index in [1.807, 2.05) is 6.07 Å². The monoisotopic (exact) mass is 325 g/mol. The van der Waals surface area contributed by atoms with Gasteiger partial charge in [-0.3, -0.25) is 0 Å². The second-order valence-corrected chi connectivity index (χ2v) is 5.52. The second-order valence-electron chi connectivity index (χ2n) is 4.66. The molecule has 1 unspecified atom stereocenters. The van der Waals surface area contributed by atoms with Crippen LogP contribution in [-0.2, 0) is 6.42 Å². The Bertz CT molecular complexity index is 460. The third kappa shape index (κ3) is 3.74. The Morgan fingerprint density at radius 3 is 2.89 bits per heavy atom.